The summed E-state index contributed by atoms with van der Waals surface area (Å²) in [6, 6.07) is 8.42. The topological polar surface area (TPSA) is 34.4 Å². The fraction of sp³-hybridized carbons (Fsp3) is 0.529. The SMILES string of the molecule is COC1(CNC(C)c2oc3ccccc3c2C)CCC1. The Kier molecular flexibility index (Phi) is 3.57. The number of aryl methyl sites for hydroxylation is 1. The second kappa shape index (κ2) is 5.23. The van der Waals surface area contributed by atoms with Gasteiger partial charge in [-0.3, -0.25) is 0 Å². The van der Waals surface area contributed by atoms with Crippen LogP contribution in [0.5, 0.6) is 0 Å². The number of hydrogen-bond acceptors (Lipinski definition) is 3. The Bertz CT molecular complexity index is 593. The lowest BCUT2D eigenvalue weighted by Gasteiger charge is -2.41. The normalized spacial score (nSPS) is 18.9. The van der Waals surface area contributed by atoms with Gasteiger partial charge in [-0.1, -0.05) is 18.2 Å². The lowest BCUT2D eigenvalue weighted by molar-refractivity contribution is -0.0709. The number of ether oxygens (including phenoxy) is 1. The molecule has 3 heteroatoms. The molecule has 2 aromatic rings. The van der Waals surface area contributed by atoms with Crippen molar-refractivity contribution < 1.29 is 9.15 Å². The number of rotatable bonds is 5. The first-order valence-electron chi connectivity index (χ1n) is 7.42. The average molecular weight is 273 g/mol. The van der Waals surface area contributed by atoms with Crippen molar-refractivity contribution in [1.82, 2.24) is 5.32 Å². The molecule has 0 spiro atoms. The van der Waals surface area contributed by atoms with Crippen LogP contribution in [0.3, 0.4) is 0 Å². The Balaban J connectivity index is 1.75. The van der Waals surface area contributed by atoms with Gasteiger partial charge in [0.15, 0.2) is 0 Å². The lowest BCUT2D eigenvalue weighted by atomic mass is 9.80. The van der Waals surface area contributed by atoms with Gasteiger partial charge in [0.25, 0.3) is 0 Å². The molecule has 0 aliphatic heterocycles. The van der Waals surface area contributed by atoms with Crippen LogP contribution in [0.15, 0.2) is 28.7 Å². The molecule has 0 radical (unpaired) electrons. The molecule has 3 nitrogen and oxygen atoms in total. The lowest BCUT2D eigenvalue weighted by Crippen LogP contribution is -2.48. The predicted molar refractivity (Wildman–Crippen MR) is 81.0 cm³/mol. The Morgan fingerprint density at radius 3 is 2.70 bits per heavy atom. The second-order valence-corrected chi connectivity index (χ2v) is 5.93. The third-order valence-corrected chi connectivity index (χ3v) is 4.70. The molecular weight excluding hydrogens is 250 g/mol. The van der Waals surface area contributed by atoms with Crippen molar-refractivity contribution >= 4 is 11.0 Å². The van der Waals surface area contributed by atoms with Crippen LogP contribution < -0.4 is 5.32 Å². The fourth-order valence-electron chi connectivity index (χ4n) is 3.06. The summed E-state index contributed by atoms with van der Waals surface area (Å²) >= 11 is 0. The van der Waals surface area contributed by atoms with Crippen molar-refractivity contribution in [2.75, 3.05) is 13.7 Å². The minimum Gasteiger partial charge on any atom is -0.459 e. The van der Waals surface area contributed by atoms with Crippen LogP contribution in [-0.4, -0.2) is 19.3 Å². The zero-order chi connectivity index (χ0) is 14.2. The molecule has 1 aliphatic carbocycles. The number of para-hydroxylation sites is 1. The molecule has 1 aliphatic rings. The predicted octanol–water partition coefficient (Wildman–Crippen LogP) is 3.96. The van der Waals surface area contributed by atoms with Crippen molar-refractivity contribution in [2.24, 2.45) is 0 Å². The van der Waals surface area contributed by atoms with E-state index in [4.69, 9.17) is 9.15 Å². The van der Waals surface area contributed by atoms with Gasteiger partial charge in [0, 0.05) is 19.0 Å². The van der Waals surface area contributed by atoms with Gasteiger partial charge >= 0.3 is 0 Å². The van der Waals surface area contributed by atoms with Crippen LogP contribution >= 0.6 is 0 Å². The minimum absolute atomic E-state index is 0.0498. The van der Waals surface area contributed by atoms with Crippen molar-refractivity contribution in [3.63, 3.8) is 0 Å². The van der Waals surface area contributed by atoms with Gasteiger partial charge < -0.3 is 14.5 Å². The summed E-state index contributed by atoms with van der Waals surface area (Å²) in [5.74, 6) is 1.04. The number of nitrogens with one attached hydrogen (secondary N) is 1. The van der Waals surface area contributed by atoms with Crippen molar-refractivity contribution in [3.8, 4) is 0 Å². The van der Waals surface area contributed by atoms with Crippen LogP contribution in [0.2, 0.25) is 0 Å². The van der Waals surface area contributed by atoms with Crippen molar-refractivity contribution in [2.45, 2.75) is 44.8 Å². The molecule has 1 atom stereocenters. The highest BCUT2D eigenvalue weighted by atomic mass is 16.5. The maximum Gasteiger partial charge on any atom is 0.134 e. The number of fused-ring (bicyclic) bond motifs is 1. The van der Waals surface area contributed by atoms with Gasteiger partial charge in [-0.25, -0.2) is 0 Å². The monoisotopic (exact) mass is 273 g/mol. The van der Waals surface area contributed by atoms with Gasteiger partial charge in [0.05, 0.1) is 11.6 Å². The molecule has 1 aromatic heterocycles. The number of hydrogen-bond donors (Lipinski definition) is 1. The van der Waals surface area contributed by atoms with E-state index >= 15 is 0 Å². The molecule has 0 amide bonds. The zero-order valence-electron chi connectivity index (χ0n) is 12.5. The average Bonchev–Trinajstić information content (AvgIpc) is 2.76. The highest BCUT2D eigenvalue weighted by Gasteiger charge is 2.37. The summed E-state index contributed by atoms with van der Waals surface area (Å²) in [7, 11) is 1.82. The third kappa shape index (κ3) is 2.25. The Labute approximate surface area is 120 Å². The van der Waals surface area contributed by atoms with Crippen LogP contribution in [0.25, 0.3) is 11.0 Å². The molecule has 1 unspecified atom stereocenters. The van der Waals surface area contributed by atoms with E-state index < -0.39 is 0 Å². The highest BCUT2D eigenvalue weighted by Crippen LogP contribution is 2.35. The Hall–Kier alpha value is -1.32. The van der Waals surface area contributed by atoms with E-state index in [1.807, 2.05) is 19.2 Å². The number of methoxy groups -OCH3 is 1. The smallest absolute Gasteiger partial charge is 0.134 e. The van der Waals surface area contributed by atoms with Crippen LogP contribution in [0, 0.1) is 6.92 Å². The molecule has 0 saturated heterocycles. The first-order valence-corrected chi connectivity index (χ1v) is 7.42. The van der Waals surface area contributed by atoms with E-state index in [1.54, 1.807) is 0 Å². The summed E-state index contributed by atoms with van der Waals surface area (Å²) < 4.78 is 11.7. The molecule has 1 aromatic carbocycles. The first kappa shape index (κ1) is 13.7. The van der Waals surface area contributed by atoms with E-state index in [-0.39, 0.29) is 11.6 Å². The van der Waals surface area contributed by atoms with Crippen molar-refractivity contribution in [3.05, 3.63) is 35.6 Å². The molecule has 1 heterocycles. The molecule has 0 bridgehead atoms. The van der Waals surface area contributed by atoms with Gasteiger partial charge in [0.1, 0.15) is 11.3 Å². The third-order valence-electron chi connectivity index (χ3n) is 4.70. The van der Waals surface area contributed by atoms with Crippen LogP contribution in [0.4, 0.5) is 0 Å². The van der Waals surface area contributed by atoms with Gasteiger partial charge in [0.2, 0.25) is 0 Å². The van der Waals surface area contributed by atoms with E-state index in [0.717, 1.165) is 30.7 Å². The largest absolute Gasteiger partial charge is 0.459 e. The number of benzene rings is 1. The van der Waals surface area contributed by atoms with E-state index in [0.29, 0.717) is 0 Å². The molecule has 1 saturated carbocycles. The molecule has 1 fully saturated rings. The van der Waals surface area contributed by atoms with Crippen LogP contribution in [0.1, 0.15) is 43.6 Å². The summed E-state index contributed by atoms with van der Waals surface area (Å²) in [5, 5.41) is 4.79. The Morgan fingerprint density at radius 1 is 1.35 bits per heavy atom. The van der Waals surface area contributed by atoms with Crippen molar-refractivity contribution in [1.29, 1.82) is 0 Å². The molecule has 1 N–H and O–H groups in total. The fourth-order valence-corrected chi connectivity index (χ4v) is 3.06. The second-order valence-electron chi connectivity index (χ2n) is 5.93. The van der Waals surface area contributed by atoms with E-state index in [9.17, 15) is 0 Å². The summed E-state index contributed by atoms with van der Waals surface area (Å²) in [6.45, 7) is 5.18. The van der Waals surface area contributed by atoms with Gasteiger partial charge in [-0.2, -0.15) is 0 Å². The molecular formula is C17H23NO2. The summed E-state index contributed by atoms with van der Waals surface area (Å²) in [4.78, 5) is 0. The number of furan rings is 1. The van der Waals surface area contributed by atoms with Gasteiger partial charge in [-0.15, -0.1) is 0 Å². The first-order chi connectivity index (χ1) is 9.65. The van der Waals surface area contributed by atoms with Crippen LogP contribution in [-0.2, 0) is 4.74 Å². The molecule has 3 rings (SSSR count). The minimum atomic E-state index is 0.0498. The maximum atomic E-state index is 6.01. The Morgan fingerprint density at radius 2 is 2.10 bits per heavy atom. The van der Waals surface area contributed by atoms with E-state index in [2.05, 4.69) is 31.3 Å². The molecule has 108 valence electrons. The standard InChI is InChI=1S/C17H23NO2/c1-12-14-7-4-5-8-15(14)20-16(12)13(2)18-11-17(19-3)9-6-10-17/h4-5,7-8,13,18H,6,9-11H2,1-3H3. The zero-order valence-corrected chi connectivity index (χ0v) is 12.5. The summed E-state index contributed by atoms with van der Waals surface area (Å²) in [5.41, 5.74) is 2.26. The quantitative estimate of drug-likeness (QED) is 0.895. The molecule has 20 heavy (non-hydrogen) atoms. The maximum absolute atomic E-state index is 6.01. The highest BCUT2D eigenvalue weighted by molar-refractivity contribution is 5.82. The van der Waals surface area contributed by atoms with E-state index in [1.165, 1.54) is 17.4 Å². The van der Waals surface area contributed by atoms with Gasteiger partial charge in [-0.05, 0) is 44.7 Å². The summed E-state index contributed by atoms with van der Waals surface area (Å²) in [6.07, 6.45) is 3.58.